The first-order valence-electron chi connectivity index (χ1n) is 3.79. The topological polar surface area (TPSA) is 17.1 Å². The molecule has 0 aromatic heterocycles. The first-order chi connectivity index (χ1) is 5.07. The van der Waals surface area contributed by atoms with Gasteiger partial charge in [-0.2, -0.15) is 0 Å². The fourth-order valence-electron chi connectivity index (χ4n) is 1.03. The summed E-state index contributed by atoms with van der Waals surface area (Å²) in [7, 11) is 0. The molecule has 0 rings (SSSR count). The van der Waals surface area contributed by atoms with Crippen molar-refractivity contribution in [3.8, 4) is 0 Å². The molecule has 0 aromatic rings. The SMILES string of the molecule is CC(C)CC(CC=O)C(F)F. The van der Waals surface area contributed by atoms with Crippen molar-refractivity contribution in [3.63, 3.8) is 0 Å². The predicted octanol–water partition coefficient (Wildman–Crippen LogP) is 2.50. The van der Waals surface area contributed by atoms with E-state index in [9.17, 15) is 13.6 Å². The van der Waals surface area contributed by atoms with E-state index in [-0.39, 0.29) is 12.3 Å². The van der Waals surface area contributed by atoms with E-state index in [0.29, 0.717) is 12.7 Å². The molecular formula is C8H14F2O. The van der Waals surface area contributed by atoms with Crippen molar-refractivity contribution in [2.75, 3.05) is 0 Å². The van der Waals surface area contributed by atoms with Gasteiger partial charge in [0.2, 0.25) is 6.43 Å². The second kappa shape index (κ2) is 5.22. The minimum atomic E-state index is -2.36. The normalized spacial score (nSPS) is 14.0. The zero-order chi connectivity index (χ0) is 8.85. The van der Waals surface area contributed by atoms with E-state index < -0.39 is 12.3 Å². The zero-order valence-electron chi connectivity index (χ0n) is 6.89. The Hall–Kier alpha value is -0.470. The lowest BCUT2D eigenvalue weighted by molar-refractivity contribution is -0.110. The summed E-state index contributed by atoms with van der Waals surface area (Å²) in [5, 5.41) is 0. The Morgan fingerprint density at radius 1 is 1.36 bits per heavy atom. The molecule has 0 aliphatic rings. The van der Waals surface area contributed by atoms with Gasteiger partial charge in [-0.15, -0.1) is 0 Å². The third-order valence-corrected chi connectivity index (χ3v) is 1.53. The third-order valence-electron chi connectivity index (χ3n) is 1.53. The van der Waals surface area contributed by atoms with Gasteiger partial charge < -0.3 is 4.79 Å². The highest BCUT2D eigenvalue weighted by Crippen LogP contribution is 2.21. The molecule has 66 valence electrons. The van der Waals surface area contributed by atoms with E-state index in [4.69, 9.17) is 0 Å². The fraction of sp³-hybridized carbons (Fsp3) is 0.875. The van der Waals surface area contributed by atoms with E-state index in [2.05, 4.69) is 0 Å². The lowest BCUT2D eigenvalue weighted by Gasteiger charge is -2.14. The molecule has 0 radical (unpaired) electrons. The second-order valence-electron chi connectivity index (χ2n) is 3.13. The maximum absolute atomic E-state index is 12.1. The van der Waals surface area contributed by atoms with Crippen molar-refractivity contribution in [1.82, 2.24) is 0 Å². The van der Waals surface area contributed by atoms with Crippen molar-refractivity contribution in [1.29, 1.82) is 0 Å². The molecule has 0 N–H and O–H groups in total. The molecule has 1 atom stereocenters. The maximum Gasteiger partial charge on any atom is 0.241 e. The smallest absolute Gasteiger partial charge is 0.241 e. The van der Waals surface area contributed by atoms with Crippen LogP contribution in [0.5, 0.6) is 0 Å². The van der Waals surface area contributed by atoms with Crippen LogP contribution in [-0.4, -0.2) is 12.7 Å². The van der Waals surface area contributed by atoms with Crippen molar-refractivity contribution >= 4 is 6.29 Å². The van der Waals surface area contributed by atoms with Gasteiger partial charge in [0.25, 0.3) is 0 Å². The van der Waals surface area contributed by atoms with Crippen LogP contribution >= 0.6 is 0 Å². The Kier molecular flexibility index (Phi) is 4.99. The fourth-order valence-corrected chi connectivity index (χ4v) is 1.03. The molecule has 0 spiro atoms. The first-order valence-corrected chi connectivity index (χ1v) is 3.79. The number of rotatable bonds is 5. The lowest BCUT2D eigenvalue weighted by Crippen LogP contribution is -2.14. The number of carbonyl (C=O) groups excluding carboxylic acids is 1. The molecular weight excluding hydrogens is 150 g/mol. The molecule has 0 fully saturated rings. The predicted molar refractivity (Wildman–Crippen MR) is 39.6 cm³/mol. The van der Waals surface area contributed by atoms with Crippen LogP contribution in [0.1, 0.15) is 26.7 Å². The van der Waals surface area contributed by atoms with Crippen molar-refractivity contribution in [2.24, 2.45) is 11.8 Å². The van der Waals surface area contributed by atoms with Gasteiger partial charge in [0.15, 0.2) is 0 Å². The summed E-state index contributed by atoms with van der Waals surface area (Å²) < 4.78 is 24.2. The number of carbonyl (C=O) groups is 1. The average molecular weight is 164 g/mol. The van der Waals surface area contributed by atoms with Gasteiger partial charge in [0.1, 0.15) is 6.29 Å². The number of halogens is 2. The molecule has 0 saturated heterocycles. The number of hydrogen-bond donors (Lipinski definition) is 0. The Morgan fingerprint density at radius 2 is 1.91 bits per heavy atom. The molecule has 0 bridgehead atoms. The molecule has 0 aromatic carbocycles. The first kappa shape index (κ1) is 10.5. The summed E-state index contributed by atoms with van der Waals surface area (Å²) in [5.41, 5.74) is 0. The largest absolute Gasteiger partial charge is 0.303 e. The third kappa shape index (κ3) is 4.87. The van der Waals surface area contributed by atoms with Crippen molar-refractivity contribution in [2.45, 2.75) is 33.1 Å². The van der Waals surface area contributed by atoms with Gasteiger partial charge in [0, 0.05) is 12.3 Å². The Labute approximate surface area is 65.8 Å². The van der Waals surface area contributed by atoms with Crippen molar-refractivity contribution < 1.29 is 13.6 Å². The summed E-state index contributed by atoms with van der Waals surface area (Å²) in [6.45, 7) is 3.75. The van der Waals surface area contributed by atoms with Crippen LogP contribution in [0.15, 0.2) is 0 Å². The standard InChI is InChI=1S/C8H14F2O/c1-6(2)5-7(3-4-11)8(9)10/h4,6-8H,3,5H2,1-2H3. The van der Waals surface area contributed by atoms with Crippen LogP contribution in [0.25, 0.3) is 0 Å². The highest BCUT2D eigenvalue weighted by molar-refractivity contribution is 5.49. The van der Waals surface area contributed by atoms with E-state index in [1.165, 1.54) is 0 Å². The second-order valence-corrected chi connectivity index (χ2v) is 3.13. The molecule has 0 amide bonds. The van der Waals surface area contributed by atoms with Gasteiger partial charge in [-0.1, -0.05) is 13.8 Å². The molecule has 0 aliphatic carbocycles. The summed E-state index contributed by atoms with van der Waals surface area (Å²) >= 11 is 0. The van der Waals surface area contributed by atoms with Gasteiger partial charge in [0.05, 0.1) is 0 Å². The van der Waals surface area contributed by atoms with Gasteiger partial charge >= 0.3 is 0 Å². The molecule has 0 aliphatic heterocycles. The molecule has 3 heteroatoms. The van der Waals surface area contributed by atoms with Crippen LogP contribution in [0, 0.1) is 11.8 Å². The minimum Gasteiger partial charge on any atom is -0.303 e. The average Bonchev–Trinajstić information content (AvgIpc) is 1.86. The van der Waals surface area contributed by atoms with E-state index in [1.807, 2.05) is 13.8 Å². The highest BCUT2D eigenvalue weighted by Gasteiger charge is 2.20. The highest BCUT2D eigenvalue weighted by atomic mass is 19.3. The number of aldehydes is 1. The lowest BCUT2D eigenvalue weighted by atomic mass is 9.95. The monoisotopic (exact) mass is 164 g/mol. The van der Waals surface area contributed by atoms with Crippen LogP contribution in [-0.2, 0) is 4.79 Å². The van der Waals surface area contributed by atoms with Crippen LogP contribution in [0.3, 0.4) is 0 Å². The van der Waals surface area contributed by atoms with E-state index in [1.54, 1.807) is 0 Å². The number of hydrogen-bond acceptors (Lipinski definition) is 1. The molecule has 0 heterocycles. The van der Waals surface area contributed by atoms with Crippen LogP contribution in [0.2, 0.25) is 0 Å². The number of alkyl halides is 2. The Balaban J connectivity index is 3.78. The molecule has 1 unspecified atom stereocenters. The van der Waals surface area contributed by atoms with Gasteiger partial charge in [-0.3, -0.25) is 0 Å². The van der Waals surface area contributed by atoms with Crippen molar-refractivity contribution in [3.05, 3.63) is 0 Å². The summed E-state index contributed by atoms with van der Waals surface area (Å²) in [6, 6.07) is 0. The Morgan fingerprint density at radius 3 is 2.18 bits per heavy atom. The summed E-state index contributed by atoms with van der Waals surface area (Å²) in [4.78, 5) is 9.97. The quantitative estimate of drug-likeness (QED) is 0.570. The van der Waals surface area contributed by atoms with E-state index >= 15 is 0 Å². The molecule has 0 saturated carbocycles. The Bertz CT molecular complexity index is 113. The summed E-state index contributed by atoms with van der Waals surface area (Å²) in [6.07, 6.45) is -1.38. The van der Waals surface area contributed by atoms with Gasteiger partial charge in [-0.05, 0) is 12.3 Å². The van der Waals surface area contributed by atoms with Gasteiger partial charge in [-0.25, -0.2) is 8.78 Å². The zero-order valence-corrected chi connectivity index (χ0v) is 6.89. The maximum atomic E-state index is 12.1. The molecule has 1 nitrogen and oxygen atoms in total. The van der Waals surface area contributed by atoms with Crippen LogP contribution in [0.4, 0.5) is 8.78 Å². The summed E-state index contributed by atoms with van der Waals surface area (Å²) in [5.74, 6) is -0.513. The minimum absolute atomic E-state index is 0.0180. The van der Waals surface area contributed by atoms with Crippen LogP contribution < -0.4 is 0 Å². The molecule has 11 heavy (non-hydrogen) atoms. The van der Waals surface area contributed by atoms with E-state index in [0.717, 1.165) is 0 Å².